The molecular weight excluding hydrogens is 664 g/mol. The second-order valence-electron chi connectivity index (χ2n) is 12.6. The third-order valence-corrected chi connectivity index (χ3v) is 9.30. The second kappa shape index (κ2) is 11.4. The first-order valence-electron chi connectivity index (χ1n) is 15.1. The Balaban J connectivity index is 1.12. The van der Waals surface area contributed by atoms with Crippen LogP contribution in [0.3, 0.4) is 0 Å². The zero-order valence-corrected chi connectivity index (χ0v) is 26.0. The minimum absolute atomic E-state index is 0.0138. The van der Waals surface area contributed by atoms with E-state index in [1.54, 1.807) is 29.2 Å². The number of likely N-dealkylation sites (tertiary alicyclic amines) is 1. The van der Waals surface area contributed by atoms with E-state index >= 15 is 8.78 Å². The summed E-state index contributed by atoms with van der Waals surface area (Å²) in [6.45, 7) is 1.14. The van der Waals surface area contributed by atoms with Crippen molar-refractivity contribution in [2.24, 2.45) is 5.41 Å². The third kappa shape index (κ3) is 5.94. The van der Waals surface area contributed by atoms with Gasteiger partial charge in [-0.2, -0.15) is 23.4 Å². The summed E-state index contributed by atoms with van der Waals surface area (Å²) >= 11 is 5.90. The predicted molar refractivity (Wildman–Crippen MR) is 158 cm³/mol. The third-order valence-electron chi connectivity index (χ3n) is 9.06. The van der Waals surface area contributed by atoms with Crippen LogP contribution in [0.2, 0.25) is 5.02 Å². The summed E-state index contributed by atoms with van der Waals surface area (Å²) in [7, 11) is 0. The van der Waals surface area contributed by atoms with Gasteiger partial charge in [-0.05, 0) is 68.1 Å². The van der Waals surface area contributed by atoms with Crippen LogP contribution < -0.4 is 9.47 Å². The molecule has 0 amide bonds. The van der Waals surface area contributed by atoms with E-state index in [1.807, 2.05) is 0 Å². The van der Waals surface area contributed by atoms with Crippen molar-refractivity contribution in [1.29, 1.82) is 5.26 Å². The van der Waals surface area contributed by atoms with Crippen LogP contribution in [-0.4, -0.2) is 39.0 Å². The largest absolute Gasteiger partial charge is 0.471 e. The molecule has 7 rings (SSSR count). The molecule has 2 unspecified atom stereocenters. The smallest absolute Gasteiger partial charge is 0.444 e. The minimum Gasteiger partial charge on any atom is -0.444 e. The van der Waals surface area contributed by atoms with Gasteiger partial charge < -0.3 is 14.0 Å². The van der Waals surface area contributed by atoms with E-state index in [-0.39, 0.29) is 65.0 Å². The molecule has 8 nitrogen and oxygen atoms in total. The van der Waals surface area contributed by atoms with Crippen LogP contribution in [0.1, 0.15) is 60.4 Å². The molecule has 0 N–H and O–H groups in total. The van der Waals surface area contributed by atoms with Crippen molar-refractivity contribution < 1.29 is 40.3 Å². The highest BCUT2D eigenvalue weighted by atomic mass is 35.5. The summed E-state index contributed by atoms with van der Waals surface area (Å²) in [5.41, 5.74) is 0.759. The number of alkyl halides is 5. The van der Waals surface area contributed by atoms with E-state index in [0.29, 0.717) is 24.1 Å². The fraction of sp³-hybridized carbons (Fsp3) is 0.394. The molecule has 2 fully saturated rings. The zero-order chi connectivity index (χ0) is 34.1. The maximum atomic E-state index is 16.0. The molecule has 15 heteroatoms. The summed E-state index contributed by atoms with van der Waals surface area (Å²) in [5.74, 6) is -8.24. The zero-order valence-electron chi connectivity index (χ0n) is 25.3. The Kier molecular flexibility index (Phi) is 7.63. The van der Waals surface area contributed by atoms with Gasteiger partial charge in [0.1, 0.15) is 5.82 Å². The summed E-state index contributed by atoms with van der Waals surface area (Å²) in [4.78, 5) is 9.40. The minimum atomic E-state index is -4.83. The van der Waals surface area contributed by atoms with E-state index in [4.69, 9.17) is 21.1 Å². The quantitative estimate of drug-likeness (QED) is 0.180. The fourth-order valence-corrected chi connectivity index (χ4v) is 6.54. The number of hydrogen-bond acceptors (Lipinski definition) is 8. The Labute approximate surface area is 275 Å². The summed E-state index contributed by atoms with van der Waals surface area (Å²) in [6, 6.07) is 12.6. The Morgan fingerprint density at radius 1 is 1.12 bits per heavy atom. The van der Waals surface area contributed by atoms with Gasteiger partial charge in [-0.1, -0.05) is 28.9 Å². The molecular formula is C33H26ClF6N5O3. The average molecular weight is 690 g/mol. The van der Waals surface area contributed by atoms with Crippen molar-refractivity contribution in [2.75, 3.05) is 13.1 Å². The van der Waals surface area contributed by atoms with Crippen LogP contribution in [0.25, 0.3) is 11.4 Å². The highest BCUT2D eigenvalue weighted by molar-refractivity contribution is 6.30. The van der Waals surface area contributed by atoms with Gasteiger partial charge in [0.25, 0.3) is 11.7 Å². The number of aromatic nitrogens is 3. The second-order valence-corrected chi connectivity index (χ2v) is 13.0. The molecule has 1 saturated heterocycles. The van der Waals surface area contributed by atoms with Gasteiger partial charge in [-0.25, -0.2) is 13.2 Å². The molecule has 0 spiro atoms. The number of pyridine rings is 1. The molecule has 1 saturated carbocycles. The van der Waals surface area contributed by atoms with Crippen LogP contribution in [0.15, 0.2) is 53.2 Å². The number of piperidine rings is 1. The van der Waals surface area contributed by atoms with Crippen LogP contribution in [-0.2, 0) is 24.9 Å². The van der Waals surface area contributed by atoms with Gasteiger partial charge >= 0.3 is 12.1 Å². The SMILES string of the molecule is CC1(c2ccc(Cl)cc2F)Oc2cccc(C3CCN(Cc4ncc(-c5noc(C(F)(F)F)n5)cc4CC4(C#N)CC4)CC3(F)F)c2O1. The molecule has 250 valence electrons. The number of benzene rings is 2. The normalized spacial score (nSPS) is 22.8. The number of hydrogen-bond donors (Lipinski definition) is 0. The predicted octanol–water partition coefficient (Wildman–Crippen LogP) is 8.06. The summed E-state index contributed by atoms with van der Waals surface area (Å²) in [6.07, 6.45) is -2.01. The number of para-hydroxylation sites is 1. The molecule has 4 heterocycles. The van der Waals surface area contributed by atoms with Crippen LogP contribution in [0.5, 0.6) is 11.5 Å². The average Bonchev–Trinajstić information content (AvgIpc) is 3.42. The van der Waals surface area contributed by atoms with E-state index in [1.165, 1.54) is 25.3 Å². The molecule has 2 atom stereocenters. The first-order valence-corrected chi connectivity index (χ1v) is 15.4. The van der Waals surface area contributed by atoms with Crippen molar-refractivity contribution in [3.05, 3.63) is 87.8 Å². The van der Waals surface area contributed by atoms with Gasteiger partial charge in [-0.3, -0.25) is 9.88 Å². The number of fused-ring (bicyclic) bond motifs is 1. The number of ether oxygens (including phenoxy) is 2. The molecule has 2 aromatic heterocycles. The first kappa shape index (κ1) is 32.2. The van der Waals surface area contributed by atoms with E-state index in [9.17, 15) is 22.8 Å². The standard InChI is InChI=1S/C33H26ClF6N5O3/c1-30(23-6-5-20(34)12-24(23)35)46-26-4-2-3-21(27(26)47-30)22-7-10-45(17-32(22,36)37)15-25-18(13-31(16-41)8-9-31)11-19(14-42-25)28-43-29(48-44-28)33(38,39)40/h2-6,11-12,14,22H,7-10,13,15,17H2,1H3. The lowest BCUT2D eigenvalue weighted by Crippen LogP contribution is -2.47. The van der Waals surface area contributed by atoms with E-state index in [0.717, 1.165) is 6.07 Å². The molecule has 3 aliphatic rings. The Bertz CT molecular complexity index is 1940. The summed E-state index contributed by atoms with van der Waals surface area (Å²) in [5, 5.41) is 13.3. The van der Waals surface area contributed by atoms with Gasteiger partial charge in [0.15, 0.2) is 11.5 Å². The van der Waals surface area contributed by atoms with Crippen molar-refractivity contribution in [3.63, 3.8) is 0 Å². The van der Waals surface area contributed by atoms with Gasteiger partial charge in [0.05, 0.1) is 35.2 Å². The maximum Gasteiger partial charge on any atom is 0.471 e. The highest BCUT2D eigenvalue weighted by Gasteiger charge is 2.50. The topological polar surface area (TPSA) is 97.3 Å². The number of rotatable bonds is 7. The van der Waals surface area contributed by atoms with Crippen molar-refractivity contribution in [2.45, 2.75) is 63.0 Å². The lowest BCUT2D eigenvalue weighted by atomic mass is 9.85. The molecule has 4 aromatic rings. The fourth-order valence-electron chi connectivity index (χ4n) is 6.39. The lowest BCUT2D eigenvalue weighted by Gasteiger charge is -2.39. The molecule has 48 heavy (non-hydrogen) atoms. The Morgan fingerprint density at radius 3 is 2.58 bits per heavy atom. The maximum absolute atomic E-state index is 16.0. The molecule has 2 aromatic carbocycles. The van der Waals surface area contributed by atoms with Gasteiger partial charge in [0.2, 0.25) is 5.82 Å². The van der Waals surface area contributed by atoms with Crippen molar-refractivity contribution in [1.82, 2.24) is 20.0 Å². The number of nitrogens with zero attached hydrogens (tertiary/aromatic N) is 5. The Morgan fingerprint density at radius 2 is 1.92 bits per heavy atom. The molecule has 1 aliphatic carbocycles. The van der Waals surface area contributed by atoms with Crippen LogP contribution in [0.4, 0.5) is 26.3 Å². The van der Waals surface area contributed by atoms with Crippen LogP contribution in [0, 0.1) is 22.6 Å². The molecule has 0 radical (unpaired) electrons. The molecule has 0 bridgehead atoms. The van der Waals surface area contributed by atoms with Crippen LogP contribution >= 0.6 is 11.6 Å². The first-order chi connectivity index (χ1) is 22.7. The number of nitriles is 1. The lowest BCUT2D eigenvalue weighted by molar-refractivity contribution is -0.159. The Hall–Kier alpha value is -4.35. The van der Waals surface area contributed by atoms with Gasteiger partial charge in [-0.15, -0.1) is 0 Å². The van der Waals surface area contributed by atoms with Crippen molar-refractivity contribution in [3.8, 4) is 29.0 Å². The van der Waals surface area contributed by atoms with E-state index < -0.39 is 47.5 Å². The number of halogens is 7. The monoisotopic (exact) mass is 689 g/mol. The van der Waals surface area contributed by atoms with Crippen molar-refractivity contribution >= 4 is 11.6 Å². The van der Waals surface area contributed by atoms with E-state index in [2.05, 4.69) is 25.7 Å². The summed E-state index contributed by atoms with van der Waals surface area (Å²) < 4.78 is 102. The highest BCUT2D eigenvalue weighted by Crippen LogP contribution is 2.53. The molecule has 2 aliphatic heterocycles. The van der Waals surface area contributed by atoms with Gasteiger partial charge in [0, 0.05) is 35.8 Å².